The Labute approximate surface area is 119 Å². The summed E-state index contributed by atoms with van der Waals surface area (Å²) in [6, 6.07) is 4.99. The number of rotatable bonds is 3. The first-order valence-corrected chi connectivity index (χ1v) is 6.18. The van der Waals surface area contributed by atoms with E-state index in [1.165, 1.54) is 12.1 Å². The van der Waals surface area contributed by atoms with E-state index in [9.17, 15) is 13.2 Å². The maximum absolute atomic E-state index is 13.9. The van der Waals surface area contributed by atoms with Crippen molar-refractivity contribution in [2.75, 3.05) is 0 Å². The third-order valence-electron chi connectivity index (χ3n) is 3.07. The van der Waals surface area contributed by atoms with Crippen molar-refractivity contribution >= 4 is 11.6 Å². The summed E-state index contributed by atoms with van der Waals surface area (Å²) in [6.45, 7) is 1.73. The molecular weight excluding hydrogens is 289 g/mol. The number of aryl methyl sites for hydroxylation is 1. The second-order valence-electron chi connectivity index (χ2n) is 4.39. The Morgan fingerprint density at radius 3 is 2.40 bits per heavy atom. The molecule has 0 aliphatic rings. The molecule has 0 spiro atoms. The van der Waals surface area contributed by atoms with Gasteiger partial charge < -0.3 is 0 Å². The van der Waals surface area contributed by atoms with Crippen LogP contribution in [0.3, 0.4) is 0 Å². The molecule has 0 radical (unpaired) electrons. The van der Waals surface area contributed by atoms with Gasteiger partial charge in [-0.05, 0) is 42.3 Å². The van der Waals surface area contributed by atoms with Crippen molar-refractivity contribution in [3.63, 3.8) is 0 Å². The number of hydrogen-bond acceptors (Lipinski definition) is 2. The lowest BCUT2D eigenvalue weighted by Crippen LogP contribution is -2.30. The molecule has 2 rings (SSSR count). The molecule has 0 aliphatic carbocycles. The Morgan fingerprint density at radius 2 is 1.75 bits per heavy atom. The van der Waals surface area contributed by atoms with Crippen molar-refractivity contribution in [1.29, 1.82) is 0 Å². The third-order valence-corrected chi connectivity index (χ3v) is 3.36. The number of nitrogens with one attached hydrogen (secondary N) is 1. The molecule has 1 atom stereocenters. The maximum Gasteiger partial charge on any atom is 0.142 e. The van der Waals surface area contributed by atoms with E-state index < -0.39 is 23.5 Å². The number of benzene rings is 2. The van der Waals surface area contributed by atoms with Gasteiger partial charge in [0.2, 0.25) is 0 Å². The van der Waals surface area contributed by atoms with Gasteiger partial charge in [-0.1, -0.05) is 17.7 Å². The molecule has 2 aromatic rings. The molecule has 106 valence electrons. The Morgan fingerprint density at radius 1 is 1.05 bits per heavy atom. The van der Waals surface area contributed by atoms with Crippen molar-refractivity contribution in [3.05, 3.63) is 69.5 Å². The molecule has 0 fully saturated rings. The summed E-state index contributed by atoms with van der Waals surface area (Å²) >= 11 is 5.51. The van der Waals surface area contributed by atoms with Gasteiger partial charge in [0.25, 0.3) is 0 Å². The van der Waals surface area contributed by atoms with Gasteiger partial charge in [-0.2, -0.15) is 0 Å². The zero-order valence-electron chi connectivity index (χ0n) is 10.6. The molecule has 0 aliphatic heterocycles. The first kappa shape index (κ1) is 14.8. The zero-order chi connectivity index (χ0) is 14.9. The van der Waals surface area contributed by atoms with Crippen molar-refractivity contribution < 1.29 is 13.2 Å². The lowest BCUT2D eigenvalue weighted by atomic mass is 9.95. The predicted octanol–water partition coefficient (Wildman–Crippen LogP) is 3.62. The molecule has 6 heteroatoms. The Hall–Kier alpha value is -1.56. The average Bonchev–Trinajstić information content (AvgIpc) is 2.40. The van der Waals surface area contributed by atoms with E-state index in [0.717, 1.165) is 12.1 Å². The average molecular weight is 301 g/mol. The van der Waals surface area contributed by atoms with E-state index in [0.29, 0.717) is 11.1 Å². The summed E-state index contributed by atoms with van der Waals surface area (Å²) in [5.74, 6) is 3.45. The highest BCUT2D eigenvalue weighted by Gasteiger charge is 2.21. The fourth-order valence-corrected chi connectivity index (χ4v) is 2.18. The van der Waals surface area contributed by atoms with Crippen LogP contribution in [0.2, 0.25) is 5.02 Å². The predicted molar refractivity (Wildman–Crippen MR) is 71.7 cm³/mol. The monoisotopic (exact) mass is 300 g/mol. The molecule has 0 amide bonds. The van der Waals surface area contributed by atoms with Crippen molar-refractivity contribution in [1.82, 2.24) is 5.43 Å². The first-order valence-electron chi connectivity index (χ1n) is 5.80. The van der Waals surface area contributed by atoms with E-state index in [1.54, 1.807) is 13.0 Å². The zero-order valence-corrected chi connectivity index (χ0v) is 11.3. The van der Waals surface area contributed by atoms with E-state index in [1.807, 2.05) is 0 Å². The molecule has 0 saturated carbocycles. The molecule has 1 unspecified atom stereocenters. The van der Waals surface area contributed by atoms with Crippen LogP contribution in [0.1, 0.15) is 22.7 Å². The molecule has 2 aromatic carbocycles. The molecule has 0 heterocycles. The lowest BCUT2D eigenvalue weighted by Gasteiger charge is -2.20. The molecular formula is C14H12ClF3N2. The molecule has 0 bridgehead atoms. The minimum atomic E-state index is -0.877. The van der Waals surface area contributed by atoms with Crippen LogP contribution in [0.25, 0.3) is 0 Å². The van der Waals surface area contributed by atoms with Crippen molar-refractivity contribution in [2.24, 2.45) is 5.84 Å². The fraction of sp³-hybridized carbons (Fsp3) is 0.143. The molecule has 2 nitrogen and oxygen atoms in total. The molecule has 0 aromatic heterocycles. The topological polar surface area (TPSA) is 38.0 Å². The van der Waals surface area contributed by atoms with E-state index in [-0.39, 0.29) is 10.6 Å². The van der Waals surface area contributed by atoms with Crippen LogP contribution in [0.4, 0.5) is 13.2 Å². The van der Waals surface area contributed by atoms with Crippen LogP contribution >= 0.6 is 11.6 Å². The number of nitrogens with two attached hydrogens (primary N) is 1. The molecule has 20 heavy (non-hydrogen) atoms. The summed E-state index contributed by atoms with van der Waals surface area (Å²) in [5.41, 5.74) is 3.46. The van der Waals surface area contributed by atoms with Crippen molar-refractivity contribution in [3.8, 4) is 0 Å². The quantitative estimate of drug-likeness (QED) is 0.516. The van der Waals surface area contributed by atoms with Gasteiger partial charge in [0.1, 0.15) is 17.5 Å². The minimum absolute atomic E-state index is 0.0388. The summed E-state index contributed by atoms with van der Waals surface area (Å²) in [6.07, 6.45) is 0. The molecule has 0 saturated heterocycles. The van der Waals surface area contributed by atoms with Gasteiger partial charge in [0.15, 0.2) is 0 Å². The summed E-state index contributed by atoms with van der Waals surface area (Å²) < 4.78 is 40.8. The minimum Gasteiger partial charge on any atom is -0.271 e. The molecule has 3 N–H and O–H groups in total. The van der Waals surface area contributed by atoms with E-state index >= 15 is 0 Å². The normalized spacial score (nSPS) is 12.5. The van der Waals surface area contributed by atoms with E-state index in [4.69, 9.17) is 17.4 Å². The van der Waals surface area contributed by atoms with Crippen LogP contribution in [0.5, 0.6) is 0 Å². The third kappa shape index (κ3) is 2.80. The van der Waals surface area contributed by atoms with Gasteiger partial charge in [-0.3, -0.25) is 5.84 Å². The van der Waals surface area contributed by atoms with E-state index in [2.05, 4.69) is 5.43 Å². The van der Waals surface area contributed by atoms with Crippen LogP contribution in [-0.2, 0) is 0 Å². The highest BCUT2D eigenvalue weighted by atomic mass is 35.5. The Bertz CT molecular complexity index is 647. The van der Waals surface area contributed by atoms with Crippen LogP contribution in [-0.4, -0.2) is 0 Å². The highest BCUT2D eigenvalue weighted by molar-refractivity contribution is 6.30. The Kier molecular flexibility index (Phi) is 4.32. The number of hydrazine groups is 1. The van der Waals surface area contributed by atoms with Crippen LogP contribution in [0.15, 0.2) is 30.3 Å². The SMILES string of the molecule is Cc1ccc(F)cc1C(NN)c1cc(F)c(Cl)cc1F. The van der Waals surface area contributed by atoms with Gasteiger partial charge in [0.05, 0.1) is 11.1 Å². The highest BCUT2D eigenvalue weighted by Crippen LogP contribution is 2.29. The van der Waals surface area contributed by atoms with Gasteiger partial charge in [-0.15, -0.1) is 0 Å². The summed E-state index contributed by atoms with van der Waals surface area (Å²) in [7, 11) is 0. The second-order valence-corrected chi connectivity index (χ2v) is 4.80. The smallest absolute Gasteiger partial charge is 0.142 e. The van der Waals surface area contributed by atoms with Gasteiger partial charge in [0, 0.05) is 5.56 Å². The largest absolute Gasteiger partial charge is 0.271 e. The Balaban J connectivity index is 2.58. The first-order chi connectivity index (χ1) is 9.43. The second kappa shape index (κ2) is 5.83. The van der Waals surface area contributed by atoms with Gasteiger partial charge in [-0.25, -0.2) is 18.6 Å². The standard InChI is InChI=1S/C14H12ClF3N2/c1-7-2-3-8(16)4-9(7)14(20-19)10-5-13(18)11(15)6-12(10)17/h2-6,14,20H,19H2,1H3. The van der Waals surface area contributed by atoms with Crippen molar-refractivity contribution in [2.45, 2.75) is 13.0 Å². The number of hydrogen-bond donors (Lipinski definition) is 2. The summed E-state index contributed by atoms with van der Waals surface area (Å²) in [4.78, 5) is 0. The number of halogens is 4. The fourth-order valence-electron chi connectivity index (χ4n) is 2.03. The van der Waals surface area contributed by atoms with Crippen LogP contribution < -0.4 is 11.3 Å². The summed E-state index contributed by atoms with van der Waals surface area (Å²) in [5, 5.41) is -0.321. The lowest BCUT2D eigenvalue weighted by molar-refractivity contribution is 0.541. The van der Waals surface area contributed by atoms with Gasteiger partial charge >= 0.3 is 0 Å². The van der Waals surface area contributed by atoms with Crippen LogP contribution in [0, 0.1) is 24.4 Å². The maximum atomic E-state index is 13.9.